The minimum atomic E-state index is -2.83. The lowest BCUT2D eigenvalue weighted by Gasteiger charge is -2.55. The summed E-state index contributed by atoms with van der Waals surface area (Å²) in [6.07, 6.45) is -4.35. The fourth-order valence-electron chi connectivity index (χ4n) is 5.42. The van der Waals surface area contributed by atoms with E-state index in [1.807, 2.05) is 0 Å². The summed E-state index contributed by atoms with van der Waals surface area (Å²) in [5, 5.41) is 41.1. The Bertz CT molecular complexity index is 1470. The number of Topliss-reactive ketones (excluding diaryl/α,β-unsaturated/α-hetero) is 2. The summed E-state index contributed by atoms with van der Waals surface area (Å²) in [6, 6.07) is 18.0. The Hall–Kier alpha value is -4.42. The highest BCUT2D eigenvalue weighted by Gasteiger charge is 2.67. The Balaban J connectivity index is 1.93. The van der Waals surface area contributed by atoms with Crippen molar-refractivity contribution in [1.29, 1.82) is 0 Å². The molecule has 1 unspecified atom stereocenters. The third kappa shape index (κ3) is 6.50. The Morgan fingerprint density at radius 1 is 0.837 bits per heavy atom. The number of aliphatic hydroxyl groups is 3. The molecule has 1 aliphatic heterocycles. The van der Waals surface area contributed by atoms with Gasteiger partial charge in [-0.25, -0.2) is 0 Å². The number of aliphatic hydroxyl groups excluding tert-OH is 1. The third-order valence-electron chi connectivity index (χ3n) is 7.39. The molecule has 0 bridgehead atoms. The second kappa shape index (κ2) is 12.8. The summed E-state index contributed by atoms with van der Waals surface area (Å²) in [4.78, 5) is 52.7. The summed E-state index contributed by atoms with van der Waals surface area (Å²) >= 11 is 0. The van der Waals surface area contributed by atoms with E-state index in [-0.39, 0.29) is 11.1 Å². The molecule has 1 aliphatic rings. The molecule has 2 amide bonds. The van der Waals surface area contributed by atoms with Crippen molar-refractivity contribution in [3.05, 3.63) is 102 Å². The number of hydrogen-bond acceptors (Lipinski definition) is 9. The molecule has 1 fully saturated rings. The van der Waals surface area contributed by atoms with Gasteiger partial charge in [0.15, 0.2) is 23.0 Å². The lowest BCUT2D eigenvalue weighted by atomic mass is 9.69. The van der Waals surface area contributed by atoms with E-state index in [1.54, 1.807) is 60.7 Å². The first-order chi connectivity index (χ1) is 20.4. The highest BCUT2D eigenvalue weighted by atomic mass is 16.6. The lowest BCUT2D eigenvalue weighted by Crippen LogP contribution is -2.82. The van der Waals surface area contributed by atoms with Crippen LogP contribution >= 0.6 is 0 Å². The SMILES string of the molecule is COc1ccc(C[C@@]2(O)O[C@H](C(O)C(=O)c3ccccc3)[C@@H](NC(C)=O)[C@@](O)(C(=O)c3ccccc3)[C@@H]2NC(C)=O)cc1. The second-order valence-electron chi connectivity index (χ2n) is 10.5. The zero-order valence-electron chi connectivity index (χ0n) is 23.9. The maximum Gasteiger partial charge on any atom is 0.217 e. The van der Waals surface area contributed by atoms with Crippen LogP contribution in [-0.2, 0) is 20.7 Å². The smallest absolute Gasteiger partial charge is 0.217 e. The molecule has 4 rings (SSSR count). The quantitative estimate of drug-likeness (QED) is 0.218. The van der Waals surface area contributed by atoms with Crippen LogP contribution in [0.15, 0.2) is 84.9 Å². The first-order valence-electron chi connectivity index (χ1n) is 13.6. The number of carbonyl (C=O) groups excluding carboxylic acids is 4. The monoisotopic (exact) mass is 590 g/mol. The molecule has 1 heterocycles. The molecule has 11 nitrogen and oxygen atoms in total. The van der Waals surface area contributed by atoms with Crippen LogP contribution in [0, 0.1) is 0 Å². The Labute approximate surface area is 248 Å². The van der Waals surface area contributed by atoms with Gasteiger partial charge in [0.25, 0.3) is 0 Å². The van der Waals surface area contributed by atoms with Crippen LogP contribution in [-0.4, -0.2) is 81.5 Å². The molecule has 0 aromatic heterocycles. The number of carbonyl (C=O) groups is 4. The first-order valence-corrected chi connectivity index (χ1v) is 13.6. The van der Waals surface area contributed by atoms with Crippen molar-refractivity contribution >= 4 is 23.4 Å². The van der Waals surface area contributed by atoms with Crippen molar-refractivity contribution < 1.29 is 44.0 Å². The average molecular weight is 591 g/mol. The van der Waals surface area contributed by atoms with Gasteiger partial charge in [-0.3, -0.25) is 19.2 Å². The van der Waals surface area contributed by atoms with Gasteiger partial charge in [-0.05, 0) is 17.7 Å². The zero-order chi connectivity index (χ0) is 31.4. The van der Waals surface area contributed by atoms with Gasteiger partial charge in [0.2, 0.25) is 11.8 Å². The molecule has 226 valence electrons. The second-order valence-corrected chi connectivity index (χ2v) is 10.5. The molecular weight excluding hydrogens is 556 g/mol. The van der Waals surface area contributed by atoms with Crippen molar-refractivity contribution in [1.82, 2.24) is 10.6 Å². The van der Waals surface area contributed by atoms with Crippen molar-refractivity contribution in [2.45, 2.75) is 55.9 Å². The van der Waals surface area contributed by atoms with Crippen LogP contribution in [0.1, 0.15) is 40.1 Å². The minimum Gasteiger partial charge on any atom is -0.497 e. The van der Waals surface area contributed by atoms with Gasteiger partial charge >= 0.3 is 0 Å². The maximum atomic E-state index is 14.2. The Kier molecular flexibility index (Phi) is 9.41. The maximum absolute atomic E-state index is 14.2. The van der Waals surface area contributed by atoms with Crippen molar-refractivity contribution in [2.24, 2.45) is 0 Å². The van der Waals surface area contributed by atoms with E-state index in [2.05, 4.69) is 10.6 Å². The van der Waals surface area contributed by atoms with Gasteiger partial charge < -0.3 is 35.4 Å². The van der Waals surface area contributed by atoms with E-state index in [1.165, 1.54) is 31.4 Å². The molecule has 1 saturated heterocycles. The molecular formula is C32H34N2O9. The zero-order valence-corrected chi connectivity index (χ0v) is 23.9. The average Bonchev–Trinajstić information content (AvgIpc) is 3.00. The summed E-state index contributed by atoms with van der Waals surface area (Å²) in [7, 11) is 1.48. The summed E-state index contributed by atoms with van der Waals surface area (Å²) < 4.78 is 11.3. The van der Waals surface area contributed by atoms with Crippen LogP contribution in [0.2, 0.25) is 0 Å². The summed E-state index contributed by atoms with van der Waals surface area (Å²) in [5.41, 5.74) is -2.33. The first kappa shape index (κ1) is 31.5. The number of methoxy groups -OCH3 is 1. The fraction of sp³-hybridized carbons (Fsp3) is 0.312. The van der Waals surface area contributed by atoms with Gasteiger partial charge in [0.05, 0.1) is 13.2 Å². The molecule has 5 N–H and O–H groups in total. The largest absolute Gasteiger partial charge is 0.497 e. The standard InChI is InChI=1S/C32H34N2O9/c1-19(35)33-28-27(26(38)25(37)22-10-6-4-7-11-22)43-31(40,18-21-14-16-24(42-3)17-15-21)30(34-20(2)36)32(28,41)29(39)23-12-8-5-9-13-23/h4-17,26-28,30,38,40-41H,18H2,1-3H3,(H,33,35)(H,34,36)/t26?,27-,28-,30-,31-,32-/m1/s1. The van der Waals surface area contributed by atoms with E-state index in [0.717, 1.165) is 13.8 Å². The number of hydrogen-bond donors (Lipinski definition) is 5. The third-order valence-corrected chi connectivity index (χ3v) is 7.39. The van der Waals surface area contributed by atoms with Gasteiger partial charge in [-0.1, -0.05) is 72.8 Å². The molecule has 0 radical (unpaired) electrons. The molecule has 0 spiro atoms. The molecule has 3 aromatic rings. The molecule has 6 atom stereocenters. The molecule has 43 heavy (non-hydrogen) atoms. The van der Waals surface area contributed by atoms with Crippen molar-refractivity contribution in [2.75, 3.05) is 7.11 Å². The lowest BCUT2D eigenvalue weighted by molar-refractivity contribution is -0.315. The van der Waals surface area contributed by atoms with E-state index in [0.29, 0.717) is 11.3 Å². The van der Waals surface area contributed by atoms with Crippen LogP contribution in [0.3, 0.4) is 0 Å². The van der Waals surface area contributed by atoms with Gasteiger partial charge in [-0.2, -0.15) is 0 Å². The molecule has 0 aliphatic carbocycles. The number of benzene rings is 3. The number of ether oxygens (including phenoxy) is 2. The van der Waals surface area contributed by atoms with E-state index < -0.39 is 65.5 Å². The topological polar surface area (TPSA) is 171 Å². The van der Waals surface area contributed by atoms with E-state index >= 15 is 0 Å². The van der Waals surface area contributed by atoms with Crippen molar-refractivity contribution in [3.8, 4) is 5.75 Å². The Morgan fingerprint density at radius 2 is 1.37 bits per heavy atom. The van der Waals surface area contributed by atoms with Crippen LogP contribution in [0.4, 0.5) is 0 Å². The summed E-state index contributed by atoms with van der Waals surface area (Å²) in [6.45, 7) is 2.23. The number of rotatable bonds is 10. The number of ketones is 2. The fourth-order valence-corrected chi connectivity index (χ4v) is 5.42. The molecule has 11 heteroatoms. The highest BCUT2D eigenvalue weighted by Crippen LogP contribution is 2.41. The number of nitrogens with one attached hydrogen (secondary N) is 2. The van der Waals surface area contributed by atoms with Gasteiger partial charge in [-0.15, -0.1) is 0 Å². The van der Waals surface area contributed by atoms with Crippen LogP contribution < -0.4 is 15.4 Å². The van der Waals surface area contributed by atoms with E-state index in [4.69, 9.17) is 9.47 Å². The summed E-state index contributed by atoms with van der Waals surface area (Å²) in [5.74, 6) is -5.38. The number of amides is 2. The van der Waals surface area contributed by atoms with Gasteiger partial charge in [0.1, 0.15) is 24.0 Å². The Morgan fingerprint density at radius 3 is 1.88 bits per heavy atom. The minimum absolute atomic E-state index is 0.0213. The van der Waals surface area contributed by atoms with Gasteiger partial charge in [0, 0.05) is 31.4 Å². The molecule has 0 saturated carbocycles. The predicted molar refractivity (Wildman–Crippen MR) is 154 cm³/mol. The highest BCUT2D eigenvalue weighted by molar-refractivity contribution is 6.05. The van der Waals surface area contributed by atoms with E-state index in [9.17, 15) is 34.5 Å². The predicted octanol–water partition coefficient (Wildman–Crippen LogP) is 1.19. The normalized spacial score (nSPS) is 25.7. The van der Waals surface area contributed by atoms with Crippen molar-refractivity contribution in [3.63, 3.8) is 0 Å². The molecule has 3 aromatic carbocycles. The van der Waals surface area contributed by atoms with Crippen LogP contribution in [0.25, 0.3) is 0 Å². The van der Waals surface area contributed by atoms with Crippen LogP contribution in [0.5, 0.6) is 5.75 Å².